The number of hydrogen-bond acceptors (Lipinski definition) is 4. The number of amides is 1. The van der Waals surface area contributed by atoms with Crippen molar-refractivity contribution in [3.05, 3.63) is 59.9 Å². The van der Waals surface area contributed by atoms with Gasteiger partial charge in [0.2, 0.25) is 5.91 Å². The van der Waals surface area contributed by atoms with Crippen LogP contribution in [0.2, 0.25) is 0 Å². The number of halogens is 1. The van der Waals surface area contributed by atoms with Crippen LogP contribution < -0.4 is 0 Å². The molecule has 4 rings (SSSR count). The van der Waals surface area contributed by atoms with E-state index in [1.54, 1.807) is 30.0 Å². The Morgan fingerprint density at radius 1 is 1.19 bits per heavy atom. The van der Waals surface area contributed by atoms with Crippen molar-refractivity contribution in [3.8, 4) is 0 Å². The van der Waals surface area contributed by atoms with Gasteiger partial charge in [-0.2, -0.15) is 0 Å². The number of hydrogen-bond donors (Lipinski definition) is 1. The second kappa shape index (κ2) is 9.56. The van der Waals surface area contributed by atoms with Crippen LogP contribution in [0.15, 0.2) is 58.5 Å². The SMILES string of the molecule is CCOC(=O)C1CCCN(C(=O)Cc2c(Sc3ccccc3F)[nH]c3ccccc23)C1. The summed E-state index contributed by atoms with van der Waals surface area (Å²) in [6, 6.07) is 14.4. The number of nitrogens with one attached hydrogen (secondary N) is 1. The number of piperidine rings is 1. The quantitative estimate of drug-likeness (QED) is 0.559. The molecule has 0 spiro atoms. The fourth-order valence-corrected chi connectivity index (χ4v) is 4.99. The Balaban J connectivity index is 1.58. The lowest BCUT2D eigenvalue weighted by Gasteiger charge is -2.31. The van der Waals surface area contributed by atoms with Crippen molar-refractivity contribution >= 4 is 34.5 Å². The molecule has 0 radical (unpaired) electrons. The number of aromatic nitrogens is 1. The third-order valence-electron chi connectivity index (χ3n) is 5.55. The van der Waals surface area contributed by atoms with Crippen molar-refractivity contribution < 1.29 is 18.7 Å². The lowest BCUT2D eigenvalue weighted by molar-refractivity contribution is -0.151. The molecule has 1 aliphatic heterocycles. The maximum absolute atomic E-state index is 14.2. The van der Waals surface area contributed by atoms with Gasteiger partial charge in [0, 0.05) is 34.5 Å². The average molecular weight is 441 g/mol. The first kappa shape index (κ1) is 21.4. The zero-order chi connectivity index (χ0) is 21.8. The standard InChI is InChI=1S/C24H25FN2O3S/c1-2-30-24(29)16-8-7-13-27(15-16)22(28)14-18-17-9-3-5-11-20(17)26-23(18)31-21-12-6-4-10-19(21)25/h3-6,9-12,16,26H,2,7-8,13-15H2,1H3. The Morgan fingerprint density at radius 2 is 1.97 bits per heavy atom. The van der Waals surface area contributed by atoms with Crippen LogP contribution in [0.4, 0.5) is 4.39 Å². The Bertz CT molecular complexity index is 1100. The summed E-state index contributed by atoms with van der Waals surface area (Å²) in [6.07, 6.45) is 1.71. The second-order valence-corrected chi connectivity index (χ2v) is 8.67. The fourth-order valence-electron chi connectivity index (χ4n) is 3.99. The maximum atomic E-state index is 14.2. The minimum atomic E-state index is -0.295. The monoisotopic (exact) mass is 440 g/mol. The van der Waals surface area contributed by atoms with Crippen LogP contribution in [0.25, 0.3) is 10.9 Å². The number of H-pyrrole nitrogens is 1. The van der Waals surface area contributed by atoms with E-state index in [0.29, 0.717) is 24.6 Å². The van der Waals surface area contributed by atoms with E-state index in [-0.39, 0.29) is 30.0 Å². The smallest absolute Gasteiger partial charge is 0.310 e. The van der Waals surface area contributed by atoms with Gasteiger partial charge < -0.3 is 14.6 Å². The summed E-state index contributed by atoms with van der Waals surface area (Å²) < 4.78 is 19.4. The summed E-state index contributed by atoms with van der Waals surface area (Å²) in [6.45, 7) is 3.15. The van der Waals surface area contributed by atoms with Crippen LogP contribution >= 0.6 is 11.8 Å². The molecule has 1 fully saturated rings. The van der Waals surface area contributed by atoms with Crippen LogP contribution in [0.5, 0.6) is 0 Å². The van der Waals surface area contributed by atoms with Crippen LogP contribution in [0.3, 0.4) is 0 Å². The highest BCUT2D eigenvalue weighted by molar-refractivity contribution is 7.99. The first-order valence-corrected chi connectivity index (χ1v) is 11.3. The van der Waals surface area contributed by atoms with E-state index in [0.717, 1.165) is 34.3 Å². The Kier molecular flexibility index (Phi) is 6.61. The van der Waals surface area contributed by atoms with E-state index in [2.05, 4.69) is 4.98 Å². The number of benzene rings is 2. The molecule has 3 aromatic rings. The fraction of sp³-hybridized carbons (Fsp3) is 0.333. The molecule has 1 saturated heterocycles. The predicted molar refractivity (Wildman–Crippen MR) is 118 cm³/mol. The molecule has 31 heavy (non-hydrogen) atoms. The maximum Gasteiger partial charge on any atom is 0.310 e. The number of fused-ring (bicyclic) bond motifs is 1. The number of carbonyl (C=O) groups excluding carboxylic acids is 2. The molecular weight excluding hydrogens is 415 g/mol. The van der Waals surface area contributed by atoms with Gasteiger partial charge in [-0.25, -0.2) is 4.39 Å². The molecule has 1 atom stereocenters. The molecular formula is C24H25FN2O3S. The number of esters is 1. The van der Waals surface area contributed by atoms with Crippen LogP contribution in [0.1, 0.15) is 25.3 Å². The van der Waals surface area contributed by atoms with Gasteiger partial charge in [0.25, 0.3) is 0 Å². The molecule has 1 amide bonds. The van der Waals surface area contributed by atoms with Gasteiger partial charge in [-0.15, -0.1) is 0 Å². The van der Waals surface area contributed by atoms with Crippen molar-refractivity contribution in [3.63, 3.8) is 0 Å². The van der Waals surface area contributed by atoms with Crippen LogP contribution in [-0.4, -0.2) is 41.5 Å². The van der Waals surface area contributed by atoms with E-state index >= 15 is 0 Å². The van der Waals surface area contributed by atoms with Crippen molar-refractivity contribution in [1.29, 1.82) is 0 Å². The zero-order valence-electron chi connectivity index (χ0n) is 17.4. The number of rotatable bonds is 6. The van der Waals surface area contributed by atoms with Gasteiger partial charge in [0.15, 0.2) is 0 Å². The number of carbonyl (C=O) groups is 2. The molecule has 1 N–H and O–H groups in total. The summed E-state index contributed by atoms with van der Waals surface area (Å²) in [5.41, 5.74) is 1.76. The molecule has 7 heteroatoms. The summed E-state index contributed by atoms with van der Waals surface area (Å²) in [7, 11) is 0. The van der Waals surface area contributed by atoms with Crippen LogP contribution in [0, 0.1) is 11.7 Å². The second-order valence-electron chi connectivity index (χ2n) is 7.62. The average Bonchev–Trinajstić information content (AvgIpc) is 3.12. The Hall–Kier alpha value is -2.80. The predicted octanol–water partition coefficient (Wildman–Crippen LogP) is 4.80. The molecule has 162 valence electrons. The van der Waals surface area contributed by atoms with E-state index in [1.165, 1.54) is 17.8 Å². The number of likely N-dealkylation sites (tertiary alicyclic amines) is 1. The lowest BCUT2D eigenvalue weighted by Crippen LogP contribution is -2.43. The van der Waals surface area contributed by atoms with Gasteiger partial charge in [0.1, 0.15) is 5.82 Å². The van der Waals surface area contributed by atoms with Gasteiger partial charge in [-0.3, -0.25) is 9.59 Å². The molecule has 1 aromatic heterocycles. The summed E-state index contributed by atoms with van der Waals surface area (Å²) >= 11 is 1.29. The molecule has 2 heterocycles. The normalized spacial score (nSPS) is 16.5. The first-order chi connectivity index (χ1) is 15.1. The molecule has 2 aromatic carbocycles. The molecule has 0 aliphatic carbocycles. The Morgan fingerprint density at radius 3 is 2.77 bits per heavy atom. The number of aromatic amines is 1. The number of ether oxygens (including phenoxy) is 1. The van der Waals surface area contributed by atoms with Crippen LogP contribution in [-0.2, 0) is 20.7 Å². The number of nitrogens with zero attached hydrogens (tertiary/aromatic N) is 1. The van der Waals surface area contributed by atoms with E-state index in [1.807, 2.05) is 24.3 Å². The van der Waals surface area contributed by atoms with E-state index < -0.39 is 0 Å². The van der Waals surface area contributed by atoms with Gasteiger partial charge in [-0.1, -0.05) is 42.1 Å². The highest BCUT2D eigenvalue weighted by Gasteiger charge is 2.30. The first-order valence-electron chi connectivity index (χ1n) is 10.5. The molecule has 1 aliphatic rings. The molecule has 1 unspecified atom stereocenters. The minimum Gasteiger partial charge on any atom is -0.466 e. The number of para-hydroxylation sites is 1. The third-order valence-corrected chi connectivity index (χ3v) is 6.65. The van der Waals surface area contributed by atoms with E-state index in [4.69, 9.17) is 4.74 Å². The molecule has 0 bridgehead atoms. The van der Waals surface area contributed by atoms with Crippen molar-refractivity contribution in [2.45, 2.75) is 36.1 Å². The minimum absolute atomic E-state index is 0.0332. The van der Waals surface area contributed by atoms with Gasteiger partial charge in [0.05, 0.1) is 24.0 Å². The summed E-state index contributed by atoms with van der Waals surface area (Å²) in [5.74, 6) is -0.832. The molecule has 5 nitrogen and oxygen atoms in total. The van der Waals surface area contributed by atoms with Gasteiger partial charge in [-0.05, 0) is 38.0 Å². The Labute approximate surface area is 185 Å². The van der Waals surface area contributed by atoms with Crippen molar-refractivity contribution in [2.75, 3.05) is 19.7 Å². The highest BCUT2D eigenvalue weighted by atomic mass is 32.2. The van der Waals surface area contributed by atoms with Gasteiger partial charge >= 0.3 is 5.97 Å². The van der Waals surface area contributed by atoms with Crippen molar-refractivity contribution in [2.24, 2.45) is 5.92 Å². The highest BCUT2D eigenvalue weighted by Crippen LogP contribution is 2.36. The largest absolute Gasteiger partial charge is 0.466 e. The van der Waals surface area contributed by atoms with E-state index in [9.17, 15) is 14.0 Å². The topological polar surface area (TPSA) is 62.4 Å². The third kappa shape index (κ3) is 4.77. The summed E-state index contributed by atoms with van der Waals surface area (Å²) in [4.78, 5) is 30.9. The zero-order valence-corrected chi connectivity index (χ0v) is 18.2. The van der Waals surface area contributed by atoms with Crippen molar-refractivity contribution in [1.82, 2.24) is 9.88 Å². The summed E-state index contributed by atoms with van der Waals surface area (Å²) in [5, 5.41) is 1.72. The molecule has 0 saturated carbocycles. The lowest BCUT2D eigenvalue weighted by atomic mass is 9.97.